The molecule has 0 aromatic heterocycles. The second kappa shape index (κ2) is 6.83. The van der Waals surface area contributed by atoms with Crippen LogP contribution >= 0.6 is 0 Å². The van der Waals surface area contributed by atoms with Gasteiger partial charge in [0.2, 0.25) is 18.6 Å². The van der Waals surface area contributed by atoms with Crippen LogP contribution in [0.5, 0.6) is 11.5 Å². The molecule has 2 amide bonds. The van der Waals surface area contributed by atoms with E-state index in [0.717, 1.165) is 5.56 Å². The Kier molecular flexibility index (Phi) is 4.42. The van der Waals surface area contributed by atoms with Gasteiger partial charge in [0, 0.05) is 11.8 Å². The molecule has 0 atom stereocenters. The summed E-state index contributed by atoms with van der Waals surface area (Å²) >= 11 is 0. The fourth-order valence-corrected chi connectivity index (χ4v) is 2.20. The fraction of sp³-hybridized carbons (Fsp3) is 0.176. The number of carbonyl (C=O) groups is 2. The molecule has 2 N–H and O–H groups in total. The Bertz CT molecular complexity index is 716. The maximum Gasteiger partial charge on any atom is 0.243 e. The number of ether oxygens (including phenoxy) is 2. The number of rotatable bonds is 5. The van der Waals surface area contributed by atoms with Crippen LogP contribution in [0.25, 0.3) is 0 Å². The average Bonchev–Trinajstić information content (AvgIpc) is 3.01. The minimum absolute atomic E-state index is 0.0832. The SMILES string of the molecule is O=C(Cc1ccccc1)NCC(=O)Nc1ccc2c(c1)OCO2. The van der Waals surface area contributed by atoms with Gasteiger partial charge in [-0.05, 0) is 17.7 Å². The Hall–Kier alpha value is -3.02. The van der Waals surface area contributed by atoms with Crippen molar-refractivity contribution in [3.8, 4) is 11.5 Å². The molecule has 0 unspecified atom stereocenters. The highest BCUT2D eigenvalue weighted by Gasteiger charge is 2.14. The smallest absolute Gasteiger partial charge is 0.243 e. The molecule has 0 fully saturated rings. The Morgan fingerprint density at radius 1 is 0.957 bits per heavy atom. The van der Waals surface area contributed by atoms with E-state index in [1.54, 1.807) is 18.2 Å². The van der Waals surface area contributed by atoms with Crippen molar-refractivity contribution in [2.24, 2.45) is 0 Å². The fourth-order valence-electron chi connectivity index (χ4n) is 2.20. The monoisotopic (exact) mass is 312 g/mol. The molecule has 1 aliphatic rings. The van der Waals surface area contributed by atoms with E-state index >= 15 is 0 Å². The van der Waals surface area contributed by atoms with E-state index in [0.29, 0.717) is 17.2 Å². The zero-order valence-electron chi connectivity index (χ0n) is 12.4. The highest BCUT2D eigenvalue weighted by atomic mass is 16.7. The van der Waals surface area contributed by atoms with Crippen molar-refractivity contribution in [2.45, 2.75) is 6.42 Å². The van der Waals surface area contributed by atoms with E-state index in [4.69, 9.17) is 9.47 Å². The number of hydrogen-bond acceptors (Lipinski definition) is 4. The molecule has 0 spiro atoms. The summed E-state index contributed by atoms with van der Waals surface area (Å²) in [5, 5.41) is 5.30. The molecule has 1 heterocycles. The molecule has 23 heavy (non-hydrogen) atoms. The second-order valence-electron chi connectivity index (χ2n) is 5.06. The maximum absolute atomic E-state index is 11.9. The summed E-state index contributed by atoms with van der Waals surface area (Å²) in [7, 11) is 0. The lowest BCUT2D eigenvalue weighted by Crippen LogP contribution is -2.33. The van der Waals surface area contributed by atoms with E-state index in [2.05, 4.69) is 10.6 Å². The molecule has 3 rings (SSSR count). The van der Waals surface area contributed by atoms with Crippen LogP contribution in [0.15, 0.2) is 48.5 Å². The van der Waals surface area contributed by atoms with E-state index in [1.807, 2.05) is 30.3 Å². The summed E-state index contributed by atoms with van der Waals surface area (Å²) in [5.41, 5.74) is 1.50. The highest BCUT2D eigenvalue weighted by molar-refractivity contribution is 5.95. The number of nitrogens with one attached hydrogen (secondary N) is 2. The first-order valence-corrected chi connectivity index (χ1v) is 7.21. The van der Waals surface area contributed by atoms with Gasteiger partial charge in [0.05, 0.1) is 13.0 Å². The zero-order chi connectivity index (χ0) is 16.1. The maximum atomic E-state index is 11.9. The molecule has 6 heteroatoms. The van der Waals surface area contributed by atoms with Gasteiger partial charge in [0.1, 0.15) is 0 Å². The minimum atomic E-state index is -0.301. The molecule has 2 aromatic carbocycles. The van der Waals surface area contributed by atoms with Gasteiger partial charge >= 0.3 is 0 Å². The lowest BCUT2D eigenvalue weighted by Gasteiger charge is -2.08. The number of amides is 2. The van der Waals surface area contributed by atoms with E-state index in [9.17, 15) is 9.59 Å². The molecule has 2 aromatic rings. The molecule has 118 valence electrons. The first kappa shape index (κ1) is 14.9. The van der Waals surface area contributed by atoms with Crippen molar-refractivity contribution in [3.63, 3.8) is 0 Å². The van der Waals surface area contributed by atoms with Crippen LogP contribution in [0, 0.1) is 0 Å². The number of carbonyl (C=O) groups excluding carboxylic acids is 2. The van der Waals surface area contributed by atoms with Crippen molar-refractivity contribution >= 4 is 17.5 Å². The van der Waals surface area contributed by atoms with Gasteiger partial charge in [-0.3, -0.25) is 9.59 Å². The van der Waals surface area contributed by atoms with Crippen molar-refractivity contribution in [1.82, 2.24) is 5.32 Å². The molecule has 0 saturated heterocycles. The second-order valence-corrected chi connectivity index (χ2v) is 5.06. The van der Waals surface area contributed by atoms with Crippen molar-refractivity contribution in [1.29, 1.82) is 0 Å². The van der Waals surface area contributed by atoms with Crippen molar-refractivity contribution in [3.05, 3.63) is 54.1 Å². The van der Waals surface area contributed by atoms with E-state index in [1.165, 1.54) is 0 Å². The third kappa shape index (κ3) is 4.00. The Morgan fingerprint density at radius 2 is 1.74 bits per heavy atom. The third-order valence-corrected chi connectivity index (χ3v) is 3.31. The number of fused-ring (bicyclic) bond motifs is 1. The van der Waals surface area contributed by atoms with Gasteiger partial charge < -0.3 is 20.1 Å². The molecular formula is C17H16N2O4. The van der Waals surface area contributed by atoms with Crippen LogP contribution in [-0.4, -0.2) is 25.2 Å². The molecular weight excluding hydrogens is 296 g/mol. The highest BCUT2D eigenvalue weighted by Crippen LogP contribution is 2.34. The number of benzene rings is 2. The zero-order valence-corrected chi connectivity index (χ0v) is 12.4. The lowest BCUT2D eigenvalue weighted by molar-refractivity contribution is -0.123. The summed E-state index contributed by atoms with van der Waals surface area (Å²) in [4.78, 5) is 23.7. The number of anilines is 1. The van der Waals surface area contributed by atoms with Crippen LogP contribution < -0.4 is 20.1 Å². The largest absolute Gasteiger partial charge is 0.454 e. The van der Waals surface area contributed by atoms with Gasteiger partial charge in [0.15, 0.2) is 11.5 Å². The Labute approximate surface area is 133 Å². The van der Waals surface area contributed by atoms with Gasteiger partial charge in [-0.1, -0.05) is 30.3 Å². The van der Waals surface area contributed by atoms with Crippen LogP contribution in [0.3, 0.4) is 0 Å². The van der Waals surface area contributed by atoms with E-state index < -0.39 is 0 Å². The Morgan fingerprint density at radius 3 is 2.57 bits per heavy atom. The molecule has 0 aliphatic carbocycles. The minimum Gasteiger partial charge on any atom is -0.454 e. The molecule has 0 bridgehead atoms. The molecule has 6 nitrogen and oxygen atoms in total. The lowest BCUT2D eigenvalue weighted by atomic mass is 10.1. The predicted octanol–water partition coefficient (Wildman–Crippen LogP) is 1.71. The Balaban J connectivity index is 1.47. The topological polar surface area (TPSA) is 76.7 Å². The first-order chi connectivity index (χ1) is 11.2. The summed E-state index contributed by atoms with van der Waals surface area (Å²) in [6, 6.07) is 14.5. The quantitative estimate of drug-likeness (QED) is 0.881. The summed E-state index contributed by atoms with van der Waals surface area (Å²) < 4.78 is 10.4. The molecule has 0 saturated carbocycles. The average molecular weight is 312 g/mol. The summed E-state index contributed by atoms with van der Waals surface area (Å²) in [5.74, 6) is 0.748. The summed E-state index contributed by atoms with van der Waals surface area (Å²) in [6.07, 6.45) is 0.248. The van der Waals surface area contributed by atoms with Gasteiger partial charge in [0.25, 0.3) is 0 Å². The molecule has 1 aliphatic heterocycles. The van der Waals surface area contributed by atoms with Gasteiger partial charge in [-0.25, -0.2) is 0 Å². The van der Waals surface area contributed by atoms with Gasteiger partial charge in [-0.2, -0.15) is 0 Å². The molecule has 0 radical (unpaired) electrons. The van der Waals surface area contributed by atoms with Crippen molar-refractivity contribution < 1.29 is 19.1 Å². The predicted molar refractivity (Wildman–Crippen MR) is 84.4 cm³/mol. The van der Waals surface area contributed by atoms with Crippen LogP contribution in [0.1, 0.15) is 5.56 Å². The van der Waals surface area contributed by atoms with Crippen LogP contribution in [0.2, 0.25) is 0 Å². The van der Waals surface area contributed by atoms with Crippen LogP contribution in [-0.2, 0) is 16.0 Å². The van der Waals surface area contributed by atoms with Crippen LogP contribution in [0.4, 0.5) is 5.69 Å². The van der Waals surface area contributed by atoms with Gasteiger partial charge in [-0.15, -0.1) is 0 Å². The normalized spacial score (nSPS) is 11.8. The standard InChI is InChI=1S/C17H16N2O4/c20-16(8-12-4-2-1-3-5-12)18-10-17(21)19-13-6-7-14-15(9-13)23-11-22-14/h1-7,9H,8,10-11H2,(H,18,20)(H,19,21). The first-order valence-electron chi connectivity index (χ1n) is 7.21. The van der Waals surface area contributed by atoms with E-state index in [-0.39, 0.29) is 31.6 Å². The van der Waals surface area contributed by atoms with Crippen molar-refractivity contribution in [2.75, 3.05) is 18.7 Å². The third-order valence-electron chi connectivity index (χ3n) is 3.31. The summed E-state index contributed by atoms with van der Waals surface area (Å²) in [6.45, 7) is 0.0996. The number of hydrogen-bond donors (Lipinski definition) is 2.